The first-order chi connectivity index (χ1) is 9.65. The lowest BCUT2D eigenvalue weighted by Crippen LogP contribution is -2.07. The summed E-state index contributed by atoms with van der Waals surface area (Å²) in [6.45, 7) is 5.91. The van der Waals surface area contributed by atoms with Crippen LogP contribution in [0.5, 0.6) is 0 Å². The molecule has 2 aromatic carbocycles. The number of anilines is 1. The van der Waals surface area contributed by atoms with E-state index in [2.05, 4.69) is 45.2 Å². The van der Waals surface area contributed by atoms with Crippen LogP contribution in [0.25, 0.3) is 22.0 Å². The fourth-order valence-electron chi connectivity index (χ4n) is 2.21. The fourth-order valence-corrected chi connectivity index (χ4v) is 2.21. The van der Waals surface area contributed by atoms with E-state index in [0.717, 1.165) is 22.0 Å². The highest BCUT2D eigenvalue weighted by Crippen LogP contribution is 2.26. The number of hydrogen-bond acceptors (Lipinski definition) is 3. The smallest absolute Gasteiger partial charge is 0.116 e. The highest BCUT2D eigenvalue weighted by molar-refractivity contribution is 5.86. The summed E-state index contributed by atoms with van der Waals surface area (Å²) in [4.78, 5) is 10.3. The molecule has 0 saturated heterocycles. The van der Waals surface area contributed by atoms with Gasteiger partial charge < -0.3 is 4.90 Å². The van der Waals surface area contributed by atoms with Crippen molar-refractivity contribution in [2.24, 2.45) is 0 Å². The Morgan fingerprint density at radius 1 is 0.900 bits per heavy atom. The fraction of sp³-hybridized carbons (Fsp3) is 0.118. The highest BCUT2D eigenvalue weighted by Gasteiger charge is 2.04. The third-order valence-corrected chi connectivity index (χ3v) is 3.38. The Kier molecular flexibility index (Phi) is 3.11. The highest BCUT2D eigenvalue weighted by atomic mass is 15.1. The Bertz CT molecular complexity index is 746. The topological polar surface area (TPSA) is 29.0 Å². The van der Waals surface area contributed by atoms with Gasteiger partial charge in [0.25, 0.3) is 0 Å². The number of benzene rings is 2. The Labute approximate surface area is 118 Å². The molecular weight excluding hydrogens is 246 g/mol. The van der Waals surface area contributed by atoms with Gasteiger partial charge in [-0.15, -0.1) is 0 Å². The zero-order chi connectivity index (χ0) is 14.1. The van der Waals surface area contributed by atoms with Crippen LogP contribution in [-0.2, 0) is 0 Å². The van der Waals surface area contributed by atoms with Crippen molar-refractivity contribution in [3.63, 3.8) is 0 Å². The quantitative estimate of drug-likeness (QED) is 0.707. The summed E-state index contributed by atoms with van der Waals surface area (Å²) in [7, 11) is 4.06. The van der Waals surface area contributed by atoms with Crippen LogP contribution in [0.2, 0.25) is 0 Å². The van der Waals surface area contributed by atoms with Gasteiger partial charge in [0.1, 0.15) is 6.33 Å². The van der Waals surface area contributed by atoms with Gasteiger partial charge in [0.15, 0.2) is 0 Å². The minimum absolute atomic E-state index is 0.516. The number of nitrogens with zero attached hydrogens (tertiary/aromatic N) is 3. The molecule has 0 unspecified atom stereocenters. The van der Waals surface area contributed by atoms with Gasteiger partial charge in [0.05, 0.1) is 11.2 Å². The molecule has 0 N–H and O–H groups in total. The summed E-state index contributed by atoms with van der Waals surface area (Å²) in [5.74, 6) is 0. The van der Waals surface area contributed by atoms with E-state index in [1.165, 1.54) is 12.0 Å². The lowest BCUT2D eigenvalue weighted by atomic mass is 10.0. The molecule has 2 radical (unpaired) electrons. The molecule has 1 aromatic heterocycles. The largest absolute Gasteiger partial charge is 0.378 e. The lowest BCUT2D eigenvalue weighted by molar-refractivity contribution is 1.13. The van der Waals surface area contributed by atoms with Crippen LogP contribution in [-0.4, -0.2) is 24.1 Å². The molecule has 0 atom stereocenters. The van der Waals surface area contributed by atoms with Crippen LogP contribution in [0.3, 0.4) is 0 Å². The minimum atomic E-state index is 0.516. The van der Waals surface area contributed by atoms with Crippen LogP contribution >= 0.6 is 0 Å². The van der Waals surface area contributed by atoms with Gasteiger partial charge in [-0.1, -0.05) is 18.2 Å². The van der Waals surface area contributed by atoms with Gasteiger partial charge in [-0.25, -0.2) is 9.97 Å². The van der Waals surface area contributed by atoms with E-state index in [4.69, 9.17) is 6.92 Å². The molecule has 0 aliphatic heterocycles. The van der Waals surface area contributed by atoms with Crippen LogP contribution in [0.4, 0.5) is 5.69 Å². The summed E-state index contributed by atoms with van der Waals surface area (Å²) in [6.07, 6.45) is 1.49. The zero-order valence-corrected chi connectivity index (χ0v) is 11.5. The van der Waals surface area contributed by atoms with Gasteiger partial charge in [0.2, 0.25) is 0 Å². The first-order valence-electron chi connectivity index (χ1n) is 6.43. The molecule has 0 fully saturated rings. The predicted molar refractivity (Wildman–Crippen MR) is 82.7 cm³/mol. The third kappa shape index (κ3) is 2.23. The average Bonchev–Trinajstić information content (AvgIpc) is 2.47. The second-order valence-electron chi connectivity index (χ2n) is 4.93. The molecule has 0 bridgehead atoms. The molecule has 3 aromatic rings. The number of rotatable bonds is 2. The van der Waals surface area contributed by atoms with Gasteiger partial charge in [0, 0.05) is 32.1 Å². The van der Waals surface area contributed by atoms with Crippen molar-refractivity contribution >= 4 is 16.6 Å². The molecule has 98 valence electrons. The monoisotopic (exact) mass is 261 g/mol. The Morgan fingerprint density at radius 2 is 1.60 bits per heavy atom. The summed E-state index contributed by atoms with van der Waals surface area (Å²) >= 11 is 0. The van der Waals surface area contributed by atoms with Crippen molar-refractivity contribution in [2.45, 2.75) is 0 Å². The molecule has 0 aliphatic carbocycles. The standard InChI is InChI=1S/C17H15N3/c1-12-16-10-14(6-9-17(16)19-11-18-12)13-4-7-15(8-5-13)20(2)3/h1,4-11H,2-3H3. The van der Waals surface area contributed by atoms with Crippen LogP contribution < -0.4 is 4.90 Å². The third-order valence-electron chi connectivity index (χ3n) is 3.38. The van der Waals surface area contributed by atoms with E-state index >= 15 is 0 Å². The normalized spacial score (nSPS) is 10.8. The van der Waals surface area contributed by atoms with Gasteiger partial charge in [-0.2, -0.15) is 0 Å². The summed E-state index contributed by atoms with van der Waals surface area (Å²) in [5.41, 5.74) is 4.83. The second-order valence-corrected chi connectivity index (χ2v) is 4.93. The van der Waals surface area contributed by atoms with E-state index < -0.39 is 0 Å². The van der Waals surface area contributed by atoms with E-state index in [9.17, 15) is 0 Å². The van der Waals surface area contributed by atoms with Crippen molar-refractivity contribution in [3.8, 4) is 11.1 Å². The van der Waals surface area contributed by atoms with Crippen LogP contribution in [0, 0.1) is 6.92 Å². The first-order valence-corrected chi connectivity index (χ1v) is 6.43. The van der Waals surface area contributed by atoms with Crippen LogP contribution in [0.1, 0.15) is 5.69 Å². The van der Waals surface area contributed by atoms with Crippen molar-refractivity contribution in [2.75, 3.05) is 19.0 Å². The predicted octanol–water partition coefficient (Wildman–Crippen LogP) is 3.42. The molecule has 0 spiro atoms. The summed E-state index contributed by atoms with van der Waals surface area (Å²) in [5, 5.41) is 0.890. The average molecular weight is 261 g/mol. The van der Waals surface area contributed by atoms with Crippen molar-refractivity contribution in [3.05, 3.63) is 61.4 Å². The number of fused-ring (bicyclic) bond motifs is 1. The first kappa shape index (κ1) is 12.6. The van der Waals surface area contributed by atoms with E-state index in [1.807, 2.05) is 26.2 Å². The van der Waals surface area contributed by atoms with Crippen LogP contribution in [0.15, 0.2) is 48.8 Å². The summed E-state index contributed by atoms with van der Waals surface area (Å²) in [6, 6.07) is 14.5. The maximum Gasteiger partial charge on any atom is 0.116 e. The number of aromatic nitrogens is 2. The van der Waals surface area contributed by atoms with Gasteiger partial charge in [-0.3, -0.25) is 0 Å². The Morgan fingerprint density at radius 3 is 2.30 bits per heavy atom. The van der Waals surface area contributed by atoms with Gasteiger partial charge in [-0.05, 0) is 35.4 Å². The molecule has 1 heterocycles. The summed E-state index contributed by atoms with van der Waals surface area (Å²) < 4.78 is 0. The lowest BCUT2D eigenvalue weighted by Gasteiger charge is -2.13. The maximum absolute atomic E-state index is 5.91. The molecule has 3 heteroatoms. The Balaban J connectivity index is 2.07. The van der Waals surface area contributed by atoms with E-state index in [0.29, 0.717) is 5.69 Å². The molecule has 0 saturated carbocycles. The maximum atomic E-state index is 5.91. The Hall–Kier alpha value is -2.42. The molecule has 3 rings (SSSR count). The van der Waals surface area contributed by atoms with Crippen molar-refractivity contribution < 1.29 is 0 Å². The molecule has 20 heavy (non-hydrogen) atoms. The molecule has 0 aliphatic rings. The molecule has 0 amide bonds. The van der Waals surface area contributed by atoms with Crippen molar-refractivity contribution in [1.29, 1.82) is 0 Å². The minimum Gasteiger partial charge on any atom is -0.378 e. The SMILES string of the molecule is [CH]c1ncnc2ccc(-c3ccc(N(C)C)cc3)cc12. The van der Waals surface area contributed by atoms with Gasteiger partial charge >= 0.3 is 0 Å². The zero-order valence-electron chi connectivity index (χ0n) is 11.5. The van der Waals surface area contributed by atoms with Crippen molar-refractivity contribution in [1.82, 2.24) is 9.97 Å². The second kappa shape index (κ2) is 4.93. The molecular formula is C17H15N3. The number of hydrogen-bond donors (Lipinski definition) is 0. The molecule has 3 nitrogen and oxygen atoms in total. The van der Waals surface area contributed by atoms with E-state index in [1.54, 1.807) is 0 Å². The van der Waals surface area contributed by atoms with E-state index in [-0.39, 0.29) is 0 Å².